The van der Waals surface area contributed by atoms with E-state index in [0.717, 1.165) is 64.2 Å². The second kappa shape index (κ2) is 23.8. The van der Waals surface area contributed by atoms with Crippen LogP contribution >= 0.6 is 0 Å². The van der Waals surface area contributed by atoms with Crippen molar-refractivity contribution in [3.8, 4) is 0 Å². The molecule has 5 atom stereocenters. The summed E-state index contributed by atoms with van der Waals surface area (Å²) in [7, 11) is 0. The highest BCUT2D eigenvalue weighted by Crippen LogP contribution is 2.34. The zero-order valence-corrected chi connectivity index (χ0v) is 25.8. The Morgan fingerprint density at radius 3 is 2.12 bits per heavy atom. The van der Waals surface area contributed by atoms with Crippen LogP contribution in [0.4, 0.5) is 0 Å². The molecule has 0 radical (unpaired) electrons. The monoisotopic (exact) mass is 582 g/mol. The van der Waals surface area contributed by atoms with Crippen LogP contribution in [0.3, 0.4) is 0 Å². The number of esters is 2. The summed E-state index contributed by atoms with van der Waals surface area (Å²) in [5.41, 5.74) is 0. The first kappa shape index (κ1) is 37.3. The highest BCUT2D eigenvalue weighted by molar-refractivity contribution is 5.86. The van der Waals surface area contributed by atoms with E-state index in [-0.39, 0.29) is 43.0 Å². The van der Waals surface area contributed by atoms with E-state index in [1.807, 2.05) is 0 Å². The van der Waals surface area contributed by atoms with Gasteiger partial charge in [0.05, 0.1) is 18.8 Å². The average Bonchev–Trinajstić information content (AvgIpc) is 3.22. The first-order valence-electron chi connectivity index (χ1n) is 16.3. The summed E-state index contributed by atoms with van der Waals surface area (Å²) in [6.07, 6.45) is 17.6. The van der Waals surface area contributed by atoms with E-state index in [2.05, 4.69) is 13.8 Å². The molecule has 3 N–H and O–H groups in total. The molecule has 0 unspecified atom stereocenters. The molecule has 1 aliphatic carbocycles. The Kier molecular flexibility index (Phi) is 21.6. The second-order valence-electron chi connectivity index (χ2n) is 11.7. The van der Waals surface area contributed by atoms with Crippen LogP contribution in [0.1, 0.15) is 136 Å². The molecule has 0 saturated heterocycles. The fourth-order valence-corrected chi connectivity index (χ4v) is 5.40. The summed E-state index contributed by atoms with van der Waals surface area (Å²) in [5.74, 6) is -1.20. The third-order valence-corrected chi connectivity index (χ3v) is 7.97. The number of hydrogen-bond donors (Lipinski definition) is 3. The molecule has 238 valence electrons. The van der Waals surface area contributed by atoms with Crippen LogP contribution < -0.4 is 0 Å². The van der Waals surface area contributed by atoms with Gasteiger partial charge in [0.25, 0.3) is 0 Å². The number of aliphatic hydroxyl groups excluding tert-OH is 3. The molecule has 1 aliphatic rings. The molecular weight excluding hydrogens is 524 g/mol. The van der Waals surface area contributed by atoms with Crippen LogP contribution in [0.2, 0.25) is 0 Å². The molecule has 1 saturated carbocycles. The highest BCUT2D eigenvalue weighted by atomic mass is 16.6. The van der Waals surface area contributed by atoms with E-state index in [1.54, 1.807) is 12.2 Å². The Morgan fingerprint density at radius 2 is 1.46 bits per heavy atom. The lowest BCUT2D eigenvalue weighted by atomic mass is 9.88. The van der Waals surface area contributed by atoms with Gasteiger partial charge in [0.2, 0.25) is 0 Å². The number of ether oxygens (including phenoxy) is 2. The zero-order chi connectivity index (χ0) is 30.3. The topological polar surface area (TPSA) is 130 Å². The fourth-order valence-electron chi connectivity index (χ4n) is 5.40. The molecule has 0 spiro atoms. The Labute approximate surface area is 248 Å². The van der Waals surface area contributed by atoms with Gasteiger partial charge in [-0.3, -0.25) is 14.4 Å². The quantitative estimate of drug-likeness (QED) is 0.0681. The molecule has 8 heteroatoms. The molecule has 0 heterocycles. The minimum Gasteiger partial charge on any atom is -0.462 e. The summed E-state index contributed by atoms with van der Waals surface area (Å²) >= 11 is 0. The van der Waals surface area contributed by atoms with Crippen molar-refractivity contribution in [1.82, 2.24) is 0 Å². The first-order valence-corrected chi connectivity index (χ1v) is 16.3. The van der Waals surface area contributed by atoms with Gasteiger partial charge in [0.1, 0.15) is 12.4 Å². The number of ketones is 1. The van der Waals surface area contributed by atoms with Crippen molar-refractivity contribution >= 4 is 17.7 Å². The van der Waals surface area contributed by atoms with Gasteiger partial charge in [0, 0.05) is 25.2 Å². The van der Waals surface area contributed by atoms with E-state index >= 15 is 0 Å². The van der Waals surface area contributed by atoms with E-state index in [9.17, 15) is 29.7 Å². The van der Waals surface area contributed by atoms with Crippen molar-refractivity contribution in [3.05, 3.63) is 12.2 Å². The summed E-state index contributed by atoms with van der Waals surface area (Å²) in [6.45, 7) is 3.77. The summed E-state index contributed by atoms with van der Waals surface area (Å²) in [6, 6.07) is 0. The lowest BCUT2D eigenvalue weighted by molar-refractivity contribution is -0.161. The zero-order valence-electron chi connectivity index (χ0n) is 25.8. The predicted molar refractivity (Wildman–Crippen MR) is 160 cm³/mol. The number of allylic oxidation sites excluding steroid dienone is 1. The SMILES string of the molecule is CCCCCCCCCC(=O)OC[C@H](CO)OC(=O)CCCCCC[C@H]1[C@@H](O)CC(=O)[C@@H]1/C=C/[C@@H](O)CCCCC. The molecule has 1 fully saturated rings. The second-order valence-corrected chi connectivity index (χ2v) is 11.7. The molecule has 1 rings (SSSR count). The maximum atomic E-state index is 12.4. The van der Waals surface area contributed by atoms with Crippen LogP contribution in [0, 0.1) is 11.8 Å². The van der Waals surface area contributed by atoms with Crippen molar-refractivity contribution in [3.63, 3.8) is 0 Å². The van der Waals surface area contributed by atoms with E-state index in [1.165, 1.54) is 25.7 Å². The van der Waals surface area contributed by atoms with Gasteiger partial charge < -0.3 is 24.8 Å². The minimum absolute atomic E-state index is 0.0316. The van der Waals surface area contributed by atoms with Crippen LogP contribution in [-0.2, 0) is 23.9 Å². The van der Waals surface area contributed by atoms with Crippen LogP contribution in [-0.4, -0.2) is 64.6 Å². The maximum Gasteiger partial charge on any atom is 0.306 e. The van der Waals surface area contributed by atoms with E-state index in [0.29, 0.717) is 19.3 Å². The molecule has 0 aromatic rings. The molecule has 0 aliphatic heterocycles. The van der Waals surface area contributed by atoms with E-state index < -0.39 is 30.9 Å². The number of hydrogen-bond acceptors (Lipinski definition) is 8. The Morgan fingerprint density at radius 1 is 0.878 bits per heavy atom. The van der Waals surface area contributed by atoms with Crippen LogP contribution in [0.5, 0.6) is 0 Å². The minimum atomic E-state index is -0.850. The first-order chi connectivity index (χ1) is 19.8. The lowest BCUT2D eigenvalue weighted by Gasteiger charge is -2.19. The van der Waals surface area contributed by atoms with E-state index in [4.69, 9.17) is 9.47 Å². The van der Waals surface area contributed by atoms with Crippen molar-refractivity contribution in [1.29, 1.82) is 0 Å². The summed E-state index contributed by atoms with van der Waals surface area (Å²) in [4.78, 5) is 36.5. The molecule has 8 nitrogen and oxygen atoms in total. The van der Waals surface area contributed by atoms with Crippen molar-refractivity contribution in [2.75, 3.05) is 13.2 Å². The Bertz CT molecular complexity index is 737. The number of carbonyl (C=O) groups excluding carboxylic acids is 3. The summed E-state index contributed by atoms with van der Waals surface area (Å²) < 4.78 is 10.5. The number of rotatable bonds is 25. The van der Waals surface area contributed by atoms with Crippen LogP contribution in [0.25, 0.3) is 0 Å². The highest BCUT2D eigenvalue weighted by Gasteiger charge is 2.39. The van der Waals surface area contributed by atoms with Crippen molar-refractivity contribution in [2.24, 2.45) is 11.8 Å². The van der Waals surface area contributed by atoms with Gasteiger partial charge in [-0.25, -0.2) is 0 Å². The van der Waals surface area contributed by atoms with Gasteiger partial charge in [-0.1, -0.05) is 103 Å². The molecule has 0 bridgehead atoms. The normalized spacial score (nSPS) is 20.4. The summed E-state index contributed by atoms with van der Waals surface area (Å²) in [5, 5.41) is 30.0. The van der Waals surface area contributed by atoms with Crippen molar-refractivity contribution in [2.45, 2.75) is 154 Å². The predicted octanol–water partition coefficient (Wildman–Crippen LogP) is 5.98. The van der Waals surface area contributed by atoms with Gasteiger partial charge >= 0.3 is 11.9 Å². The third kappa shape index (κ3) is 17.7. The number of Topliss-reactive ketones (excluding diaryl/α,β-unsaturated/α-hetero) is 1. The Hall–Kier alpha value is -1.77. The largest absolute Gasteiger partial charge is 0.462 e. The molecule has 0 amide bonds. The standard InChI is InChI=1S/C33H58O8/c1-3-5-7-8-9-10-15-19-32(38)40-25-27(24-34)41-33(39)20-16-12-11-14-18-28-29(31(37)23-30(28)36)22-21-26(35)17-13-6-4-2/h21-22,26-30,34-36H,3-20,23-25H2,1-2H3/b22-21+/t26-,27-,28+,29+,30-/m0/s1. The molecular formula is C33H58O8. The number of aliphatic hydroxyl groups is 3. The lowest BCUT2D eigenvalue weighted by Crippen LogP contribution is -2.28. The smallest absolute Gasteiger partial charge is 0.306 e. The third-order valence-electron chi connectivity index (χ3n) is 7.97. The van der Waals surface area contributed by atoms with Crippen molar-refractivity contribution < 1.29 is 39.2 Å². The molecule has 41 heavy (non-hydrogen) atoms. The fraction of sp³-hybridized carbons (Fsp3) is 0.848. The maximum absolute atomic E-state index is 12.4. The van der Waals surface area contributed by atoms with Crippen LogP contribution in [0.15, 0.2) is 12.2 Å². The van der Waals surface area contributed by atoms with Gasteiger partial charge in [-0.2, -0.15) is 0 Å². The van der Waals surface area contributed by atoms with Gasteiger partial charge in [-0.15, -0.1) is 0 Å². The molecule has 0 aromatic heterocycles. The Balaban J connectivity index is 2.20. The number of unbranched alkanes of at least 4 members (excludes halogenated alkanes) is 11. The average molecular weight is 583 g/mol. The van der Waals surface area contributed by atoms with Gasteiger partial charge in [0.15, 0.2) is 6.10 Å². The molecule has 0 aromatic carbocycles. The van der Waals surface area contributed by atoms with Gasteiger partial charge in [-0.05, 0) is 31.6 Å². The number of carbonyl (C=O) groups is 3.